The van der Waals surface area contributed by atoms with E-state index in [1.54, 1.807) is 0 Å². The number of alkyl halides is 2. The Hall–Kier alpha value is -1.46. The Labute approximate surface area is 241 Å². The van der Waals surface area contributed by atoms with E-state index in [4.69, 9.17) is 0 Å². The summed E-state index contributed by atoms with van der Waals surface area (Å²) in [5, 5.41) is 0. The molecule has 0 aromatic heterocycles. The van der Waals surface area contributed by atoms with Crippen molar-refractivity contribution in [3.05, 3.63) is 0 Å². The Morgan fingerprint density at radius 2 is 1.15 bits per heavy atom. The van der Waals surface area contributed by atoms with Crippen molar-refractivity contribution in [3.8, 4) is 0 Å². The predicted molar refractivity (Wildman–Crippen MR) is 155 cm³/mol. The summed E-state index contributed by atoms with van der Waals surface area (Å²) >= 11 is 0. The Morgan fingerprint density at radius 1 is 0.700 bits per heavy atom. The molecule has 40 heavy (non-hydrogen) atoms. The molecular weight excluding hydrogens is 510 g/mol. The van der Waals surface area contributed by atoms with E-state index < -0.39 is 28.3 Å². The van der Waals surface area contributed by atoms with Crippen LogP contribution in [0.1, 0.15) is 151 Å². The number of carbonyl (C=O) groups excluding carboxylic acids is 4. The summed E-state index contributed by atoms with van der Waals surface area (Å²) in [6, 6.07) is 0. The van der Waals surface area contributed by atoms with Crippen LogP contribution in [-0.2, 0) is 19.2 Å². The highest BCUT2D eigenvalue weighted by Crippen LogP contribution is 2.49. The number of carbonyl (C=O) groups is 4. The highest BCUT2D eigenvalue weighted by molar-refractivity contribution is 6.05. The summed E-state index contributed by atoms with van der Waals surface area (Å²) in [5.41, 5.74) is -4.32. The van der Waals surface area contributed by atoms with Gasteiger partial charge in [0.05, 0.1) is 12.8 Å². The maximum atomic E-state index is 15.7. The van der Waals surface area contributed by atoms with Crippen molar-refractivity contribution in [1.82, 2.24) is 0 Å². The molecule has 0 amide bonds. The van der Waals surface area contributed by atoms with Gasteiger partial charge >= 0.3 is 0 Å². The molecule has 0 aromatic carbocycles. The maximum Gasteiger partial charge on any atom is 0.177 e. The first-order valence-corrected chi connectivity index (χ1v) is 16.0. The second-order valence-corrected chi connectivity index (χ2v) is 15.2. The molecule has 0 bridgehead atoms. The largest absolute Gasteiger partial charge is 0.299 e. The zero-order valence-electron chi connectivity index (χ0n) is 26.1. The third-order valence-electron chi connectivity index (χ3n) is 11.6. The molecule has 0 aliphatic heterocycles. The monoisotopic (exact) mass is 564 g/mol. The Kier molecular flexibility index (Phi) is 10.3. The van der Waals surface area contributed by atoms with Crippen molar-refractivity contribution in [2.75, 3.05) is 0 Å². The van der Waals surface area contributed by atoms with Gasteiger partial charge in [0.2, 0.25) is 0 Å². The lowest BCUT2D eigenvalue weighted by Crippen LogP contribution is -2.43. The van der Waals surface area contributed by atoms with E-state index in [9.17, 15) is 19.2 Å². The van der Waals surface area contributed by atoms with Gasteiger partial charge in [-0.3, -0.25) is 19.2 Å². The van der Waals surface area contributed by atoms with Gasteiger partial charge in [-0.05, 0) is 113 Å². The number of rotatable bonds is 12. The van der Waals surface area contributed by atoms with E-state index in [1.807, 2.05) is 20.8 Å². The predicted octanol–water partition coefficient (Wildman–Crippen LogP) is 8.66. The lowest BCUT2D eigenvalue weighted by atomic mass is 9.63. The first-order valence-electron chi connectivity index (χ1n) is 16.0. The molecule has 0 radical (unpaired) electrons. The fourth-order valence-electron chi connectivity index (χ4n) is 7.34. The van der Waals surface area contributed by atoms with Gasteiger partial charge in [-0.2, -0.15) is 0 Å². The summed E-state index contributed by atoms with van der Waals surface area (Å²) in [5.74, 6) is -1.07. The van der Waals surface area contributed by atoms with E-state index >= 15 is 8.78 Å². The smallest absolute Gasteiger partial charge is 0.177 e. The van der Waals surface area contributed by atoms with Crippen LogP contribution in [0.5, 0.6) is 0 Å². The van der Waals surface area contributed by atoms with Gasteiger partial charge in [-0.1, -0.05) is 41.5 Å². The average molecular weight is 565 g/mol. The average Bonchev–Trinajstić information content (AvgIpc) is 2.92. The lowest BCUT2D eigenvalue weighted by molar-refractivity contribution is -0.141. The van der Waals surface area contributed by atoms with Gasteiger partial charge in [0, 0.05) is 11.3 Å². The third kappa shape index (κ3) is 7.68. The number of hydrogen-bond donors (Lipinski definition) is 0. The van der Waals surface area contributed by atoms with E-state index in [1.165, 1.54) is 0 Å². The minimum Gasteiger partial charge on any atom is -0.299 e. The van der Waals surface area contributed by atoms with Crippen molar-refractivity contribution in [3.63, 3.8) is 0 Å². The van der Waals surface area contributed by atoms with Crippen LogP contribution in [0, 0.1) is 28.1 Å². The van der Waals surface area contributed by atoms with Crippen LogP contribution in [0.4, 0.5) is 8.78 Å². The molecule has 228 valence electrons. The second-order valence-electron chi connectivity index (χ2n) is 15.2. The Balaban J connectivity index is 1.44. The summed E-state index contributed by atoms with van der Waals surface area (Å²) in [4.78, 5) is 51.2. The van der Waals surface area contributed by atoms with E-state index in [-0.39, 0.29) is 66.8 Å². The van der Waals surface area contributed by atoms with Crippen LogP contribution in [0.15, 0.2) is 0 Å². The molecule has 3 aliphatic rings. The summed E-state index contributed by atoms with van der Waals surface area (Å²) in [6.07, 6.45) is 8.19. The minimum atomic E-state index is -1.91. The molecule has 3 rings (SSSR count). The molecule has 0 saturated heterocycles. The molecule has 6 heteroatoms. The topological polar surface area (TPSA) is 68.3 Å². The zero-order valence-corrected chi connectivity index (χ0v) is 26.1. The number of Topliss-reactive ketones (excluding diaryl/α,β-unsaturated/α-hetero) is 4. The maximum absolute atomic E-state index is 15.7. The molecule has 0 spiro atoms. The fraction of sp³-hybridized carbons (Fsp3) is 0.882. The van der Waals surface area contributed by atoms with Gasteiger partial charge < -0.3 is 0 Å². The van der Waals surface area contributed by atoms with E-state index in [0.29, 0.717) is 44.4 Å². The molecular formula is C34H54F2O4. The second kappa shape index (κ2) is 12.4. The van der Waals surface area contributed by atoms with E-state index in [0.717, 1.165) is 32.1 Å². The van der Waals surface area contributed by atoms with Crippen LogP contribution in [-0.4, -0.2) is 34.5 Å². The van der Waals surface area contributed by atoms with Crippen LogP contribution in [0.25, 0.3) is 0 Å². The highest BCUT2D eigenvalue weighted by atomic mass is 19.1. The normalized spacial score (nSPS) is 32.3. The Morgan fingerprint density at radius 3 is 1.62 bits per heavy atom. The molecule has 0 unspecified atom stereocenters. The Bertz CT molecular complexity index is 937. The molecule has 0 heterocycles. The van der Waals surface area contributed by atoms with Gasteiger partial charge in [-0.15, -0.1) is 0 Å². The SMILES string of the molecule is CCC(C)(CC)C(=O)CC(=O)C1(F)CCC(C)(CC2CCC(C(=O)CC(=O)C3(F)CCC(C)(C)CC3)CC2)CC1. The van der Waals surface area contributed by atoms with Gasteiger partial charge in [0.15, 0.2) is 22.9 Å². The van der Waals surface area contributed by atoms with Crippen LogP contribution in [0.2, 0.25) is 0 Å². The van der Waals surface area contributed by atoms with Crippen molar-refractivity contribution in [1.29, 1.82) is 0 Å². The van der Waals surface area contributed by atoms with Gasteiger partial charge in [-0.25, -0.2) is 8.78 Å². The molecule has 0 N–H and O–H groups in total. The number of halogens is 2. The van der Waals surface area contributed by atoms with Crippen LogP contribution in [0.3, 0.4) is 0 Å². The molecule has 3 saturated carbocycles. The molecule has 3 fully saturated rings. The summed E-state index contributed by atoms with van der Waals surface area (Å²) < 4.78 is 31.0. The molecule has 0 aromatic rings. The van der Waals surface area contributed by atoms with Crippen molar-refractivity contribution in [2.45, 2.75) is 162 Å². The van der Waals surface area contributed by atoms with Crippen molar-refractivity contribution >= 4 is 23.1 Å². The first-order chi connectivity index (χ1) is 18.5. The number of hydrogen-bond acceptors (Lipinski definition) is 4. The third-order valence-corrected chi connectivity index (χ3v) is 11.6. The van der Waals surface area contributed by atoms with E-state index in [2.05, 4.69) is 20.8 Å². The van der Waals surface area contributed by atoms with Crippen molar-refractivity contribution < 1.29 is 28.0 Å². The standard InChI is InChI=1S/C34H54F2O4/c1-7-32(6,8-2)27(38)22-29(40)34(36)19-15-31(5,16-20-34)23-24-9-11-25(12-10-24)26(37)21-28(39)33(35)17-13-30(3,4)14-18-33/h24-25H,7-23H2,1-6H3. The molecule has 4 nitrogen and oxygen atoms in total. The first kappa shape index (κ1) is 33.0. The quantitative estimate of drug-likeness (QED) is 0.222. The summed E-state index contributed by atoms with van der Waals surface area (Å²) in [6.45, 7) is 12.1. The lowest BCUT2D eigenvalue weighted by Gasteiger charge is -2.43. The minimum absolute atomic E-state index is 0.0545. The van der Waals surface area contributed by atoms with Crippen molar-refractivity contribution in [2.24, 2.45) is 28.1 Å². The molecule has 0 atom stereocenters. The fourth-order valence-corrected chi connectivity index (χ4v) is 7.34. The zero-order chi connectivity index (χ0) is 30.0. The summed E-state index contributed by atoms with van der Waals surface area (Å²) in [7, 11) is 0. The van der Waals surface area contributed by atoms with Gasteiger partial charge in [0.25, 0.3) is 0 Å². The highest BCUT2D eigenvalue weighted by Gasteiger charge is 2.48. The number of ketones is 4. The van der Waals surface area contributed by atoms with Crippen LogP contribution < -0.4 is 0 Å². The molecule has 3 aliphatic carbocycles. The van der Waals surface area contributed by atoms with Gasteiger partial charge in [0.1, 0.15) is 11.6 Å². The van der Waals surface area contributed by atoms with Crippen LogP contribution >= 0.6 is 0 Å².